The summed E-state index contributed by atoms with van der Waals surface area (Å²) in [6.07, 6.45) is 0. The molecule has 1 unspecified atom stereocenters. The number of carbonyl (C=O) groups excluding carboxylic acids is 1. The van der Waals surface area contributed by atoms with Gasteiger partial charge in [-0.2, -0.15) is 5.26 Å². The number of nitrogens with zero attached hydrogens (tertiary/aromatic N) is 1. The number of hydrogen-bond donors (Lipinski definition) is 1. The molecule has 0 bridgehead atoms. The molecule has 0 aliphatic carbocycles. The summed E-state index contributed by atoms with van der Waals surface area (Å²) in [4.78, 5) is 12.4. The van der Waals surface area contributed by atoms with Gasteiger partial charge >= 0.3 is 0 Å². The van der Waals surface area contributed by atoms with Crippen LogP contribution in [0.1, 0.15) is 41.4 Å². The Bertz CT molecular complexity index is 687. The molecule has 0 saturated carbocycles. The number of nitriles is 1. The number of carbonyl (C=O) groups is 1. The van der Waals surface area contributed by atoms with Gasteiger partial charge in [0.15, 0.2) is 0 Å². The maximum Gasteiger partial charge on any atom is 0.255 e. The van der Waals surface area contributed by atoms with Crippen molar-refractivity contribution in [1.29, 1.82) is 5.26 Å². The van der Waals surface area contributed by atoms with Crippen molar-refractivity contribution in [2.24, 2.45) is 0 Å². The number of hydrogen-bond acceptors (Lipinski definition) is 3. The molecule has 22 heavy (non-hydrogen) atoms. The summed E-state index contributed by atoms with van der Waals surface area (Å²) in [6, 6.07) is 16.3. The molecule has 4 nitrogen and oxygen atoms in total. The van der Waals surface area contributed by atoms with E-state index in [1.165, 1.54) is 0 Å². The van der Waals surface area contributed by atoms with Gasteiger partial charge in [-0.25, -0.2) is 0 Å². The highest BCUT2D eigenvalue weighted by molar-refractivity contribution is 5.97. The van der Waals surface area contributed by atoms with E-state index in [2.05, 4.69) is 11.4 Å². The standard InChI is InChI=1S/C18H18N2O2/c1-3-22-17-7-5-4-6-16(17)18(21)20-13(2)15-10-8-14(12-19)9-11-15/h4-11,13H,3H2,1-2H3,(H,20,21). The van der Waals surface area contributed by atoms with E-state index in [0.717, 1.165) is 5.56 Å². The molecule has 0 fully saturated rings. The second kappa shape index (κ2) is 7.28. The number of nitrogens with one attached hydrogen (secondary N) is 1. The summed E-state index contributed by atoms with van der Waals surface area (Å²) in [5, 5.41) is 11.8. The van der Waals surface area contributed by atoms with Gasteiger partial charge in [-0.1, -0.05) is 24.3 Å². The summed E-state index contributed by atoms with van der Waals surface area (Å²) in [5.74, 6) is 0.399. The van der Waals surface area contributed by atoms with Crippen molar-refractivity contribution < 1.29 is 9.53 Å². The highest BCUT2D eigenvalue weighted by Crippen LogP contribution is 2.20. The topological polar surface area (TPSA) is 62.1 Å². The maximum atomic E-state index is 12.4. The molecule has 1 amide bonds. The van der Waals surface area contributed by atoms with E-state index in [0.29, 0.717) is 23.5 Å². The van der Waals surface area contributed by atoms with Crippen LogP contribution in [0.5, 0.6) is 5.75 Å². The molecule has 1 N–H and O–H groups in total. The third-order valence-electron chi connectivity index (χ3n) is 3.32. The molecule has 0 spiro atoms. The van der Waals surface area contributed by atoms with E-state index in [9.17, 15) is 4.79 Å². The molecule has 2 aromatic rings. The molecule has 4 heteroatoms. The van der Waals surface area contributed by atoms with Gasteiger partial charge in [-0.05, 0) is 43.7 Å². The molecular weight excluding hydrogens is 276 g/mol. The van der Waals surface area contributed by atoms with Crippen LogP contribution in [0.25, 0.3) is 0 Å². The van der Waals surface area contributed by atoms with Gasteiger partial charge in [-0.3, -0.25) is 4.79 Å². The molecule has 112 valence electrons. The third kappa shape index (κ3) is 3.64. The van der Waals surface area contributed by atoms with Crippen molar-refractivity contribution in [3.8, 4) is 11.8 Å². The smallest absolute Gasteiger partial charge is 0.255 e. The van der Waals surface area contributed by atoms with Crippen LogP contribution in [-0.4, -0.2) is 12.5 Å². The summed E-state index contributed by atoms with van der Waals surface area (Å²) in [5.41, 5.74) is 2.06. The van der Waals surface area contributed by atoms with Gasteiger partial charge in [0.05, 0.1) is 29.8 Å². The first-order valence-corrected chi connectivity index (χ1v) is 7.18. The van der Waals surface area contributed by atoms with Crippen molar-refractivity contribution in [3.63, 3.8) is 0 Å². The molecule has 0 aromatic heterocycles. The molecule has 2 aromatic carbocycles. The minimum atomic E-state index is -0.180. The Labute approximate surface area is 130 Å². The van der Waals surface area contributed by atoms with Crippen molar-refractivity contribution in [3.05, 3.63) is 65.2 Å². The molecule has 0 radical (unpaired) electrons. The highest BCUT2D eigenvalue weighted by Gasteiger charge is 2.15. The van der Waals surface area contributed by atoms with Crippen LogP contribution in [0, 0.1) is 11.3 Å². The van der Waals surface area contributed by atoms with Gasteiger partial charge in [0.25, 0.3) is 5.91 Å². The van der Waals surface area contributed by atoms with Crippen LogP contribution in [0.2, 0.25) is 0 Å². The lowest BCUT2D eigenvalue weighted by atomic mass is 10.1. The van der Waals surface area contributed by atoms with E-state index >= 15 is 0 Å². The van der Waals surface area contributed by atoms with E-state index in [-0.39, 0.29) is 11.9 Å². The van der Waals surface area contributed by atoms with Crippen molar-refractivity contribution >= 4 is 5.91 Å². The number of benzene rings is 2. The quantitative estimate of drug-likeness (QED) is 0.918. The second-order valence-corrected chi connectivity index (χ2v) is 4.86. The Morgan fingerprint density at radius 2 is 1.91 bits per heavy atom. The Balaban J connectivity index is 2.12. The molecule has 0 aliphatic heterocycles. The number of ether oxygens (including phenoxy) is 1. The van der Waals surface area contributed by atoms with Gasteiger partial charge < -0.3 is 10.1 Å². The Hall–Kier alpha value is -2.80. The molecule has 0 heterocycles. The van der Waals surface area contributed by atoms with Gasteiger partial charge in [0.1, 0.15) is 5.75 Å². The third-order valence-corrected chi connectivity index (χ3v) is 3.32. The summed E-state index contributed by atoms with van der Waals surface area (Å²) in [7, 11) is 0. The summed E-state index contributed by atoms with van der Waals surface area (Å²) < 4.78 is 5.48. The SMILES string of the molecule is CCOc1ccccc1C(=O)NC(C)c1ccc(C#N)cc1. The number of amides is 1. The van der Waals surface area contributed by atoms with Crippen molar-refractivity contribution in [2.75, 3.05) is 6.61 Å². The van der Waals surface area contributed by atoms with Crippen LogP contribution in [0.4, 0.5) is 0 Å². The first kappa shape index (κ1) is 15.6. The largest absolute Gasteiger partial charge is 0.493 e. The van der Waals surface area contributed by atoms with E-state index in [1.807, 2.05) is 38.1 Å². The lowest BCUT2D eigenvalue weighted by Crippen LogP contribution is -2.27. The molecule has 1 atom stereocenters. The van der Waals surface area contributed by atoms with Crippen LogP contribution in [0.3, 0.4) is 0 Å². The highest BCUT2D eigenvalue weighted by atomic mass is 16.5. The Kier molecular flexibility index (Phi) is 5.16. The summed E-state index contributed by atoms with van der Waals surface area (Å²) >= 11 is 0. The average molecular weight is 294 g/mol. The summed E-state index contributed by atoms with van der Waals surface area (Å²) in [6.45, 7) is 4.30. The van der Waals surface area contributed by atoms with Crippen molar-refractivity contribution in [2.45, 2.75) is 19.9 Å². The minimum absolute atomic E-state index is 0.157. The monoisotopic (exact) mass is 294 g/mol. The van der Waals surface area contributed by atoms with Gasteiger partial charge in [0.2, 0.25) is 0 Å². The zero-order valence-corrected chi connectivity index (χ0v) is 12.7. The average Bonchev–Trinajstić information content (AvgIpc) is 2.55. The Morgan fingerprint density at radius 3 is 2.55 bits per heavy atom. The predicted octanol–water partition coefficient (Wildman–Crippen LogP) is 3.45. The van der Waals surface area contributed by atoms with Gasteiger partial charge in [0, 0.05) is 0 Å². The maximum absolute atomic E-state index is 12.4. The lowest BCUT2D eigenvalue weighted by Gasteiger charge is -2.16. The van der Waals surface area contributed by atoms with Crippen molar-refractivity contribution in [1.82, 2.24) is 5.32 Å². The normalized spacial score (nSPS) is 11.3. The molecule has 2 rings (SSSR count). The first-order valence-electron chi connectivity index (χ1n) is 7.18. The van der Waals surface area contributed by atoms with E-state index in [4.69, 9.17) is 10.00 Å². The number of rotatable bonds is 5. The zero-order valence-electron chi connectivity index (χ0n) is 12.7. The molecule has 0 saturated heterocycles. The molecular formula is C18H18N2O2. The van der Waals surface area contributed by atoms with Crippen LogP contribution in [0.15, 0.2) is 48.5 Å². The van der Waals surface area contributed by atoms with E-state index in [1.54, 1.807) is 24.3 Å². The number of para-hydroxylation sites is 1. The van der Waals surface area contributed by atoms with E-state index < -0.39 is 0 Å². The lowest BCUT2D eigenvalue weighted by molar-refractivity contribution is 0.0936. The van der Waals surface area contributed by atoms with Crippen LogP contribution < -0.4 is 10.1 Å². The fourth-order valence-electron chi connectivity index (χ4n) is 2.14. The molecule has 0 aliphatic rings. The van der Waals surface area contributed by atoms with Crippen LogP contribution >= 0.6 is 0 Å². The fraction of sp³-hybridized carbons (Fsp3) is 0.222. The fourth-order valence-corrected chi connectivity index (χ4v) is 2.14. The Morgan fingerprint density at radius 1 is 1.23 bits per heavy atom. The zero-order chi connectivity index (χ0) is 15.9. The van der Waals surface area contributed by atoms with Gasteiger partial charge in [-0.15, -0.1) is 0 Å². The van der Waals surface area contributed by atoms with Crippen LogP contribution in [-0.2, 0) is 0 Å². The minimum Gasteiger partial charge on any atom is -0.493 e. The second-order valence-electron chi connectivity index (χ2n) is 4.86. The first-order chi connectivity index (χ1) is 10.7. The predicted molar refractivity (Wildman–Crippen MR) is 84.6 cm³/mol.